The summed E-state index contributed by atoms with van der Waals surface area (Å²) in [6.45, 7) is 4.43. The number of aliphatic carboxylic acids is 1. The lowest BCUT2D eigenvalue weighted by Gasteiger charge is -1.99. The Balaban J connectivity index is 2.81. The van der Waals surface area contributed by atoms with Crippen molar-refractivity contribution >= 4 is 5.97 Å². The third-order valence-electron chi connectivity index (χ3n) is 1.83. The number of nitrogens with zero attached hydrogens (tertiary/aromatic N) is 2. The number of hydrogen-bond acceptors (Lipinski definition) is 2. The first kappa shape index (κ1) is 8.77. The number of aromatic nitrogens is 2. The molecule has 0 spiro atoms. The molecule has 1 unspecified atom stereocenters. The van der Waals surface area contributed by atoms with Crippen molar-refractivity contribution in [1.82, 2.24) is 9.55 Å². The highest BCUT2D eigenvalue weighted by molar-refractivity contribution is 5.74. The van der Waals surface area contributed by atoms with Gasteiger partial charge in [0.1, 0.15) is 0 Å². The van der Waals surface area contributed by atoms with Gasteiger partial charge in [-0.2, -0.15) is 0 Å². The molecule has 4 nitrogen and oxygen atoms in total. The largest absolute Gasteiger partial charge is 0.481 e. The Morgan fingerprint density at radius 1 is 1.83 bits per heavy atom. The molecule has 0 saturated carbocycles. The number of rotatable bonds is 3. The van der Waals surface area contributed by atoms with E-state index >= 15 is 0 Å². The maximum Gasteiger partial charge on any atom is 0.312 e. The molecule has 66 valence electrons. The molecule has 1 N–H and O–H groups in total. The van der Waals surface area contributed by atoms with Crippen LogP contribution in [0.15, 0.2) is 12.5 Å². The van der Waals surface area contributed by atoms with E-state index in [0.717, 1.165) is 6.54 Å². The highest BCUT2D eigenvalue weighted by atomic mass is 16.4. The Kier molecular flexibility index (Phi) is 2.47. The van der Waals surface area contributed by atoms with Gasteiger partial charge in [-0.15, -0.1) is 0 Å². The molecule has 0 saturated heterocycles. The van der Waals surface area contributed by atoms with Gasteiger partial charge in [0.15, 0.2) is 0 Å². The van der Waals surface area contributed by atoms with Crippen molar-refractivity contribution in [2.45, 2.75) is 26.3 Å². The Labute approximate surface area is 70.9 Å². The molecule has 0 aliphatic carbocycles. The maximum atomic E-state index is 10.5. The second kappa shape index (κ2) is 3.38. The van der Waals surface area contributed by atoms with Crippen molar-refractivity contribution < 1.29 is 9.90 Å². The van der Waals surface area contributed by atoms with Crippen LogP contribution in [0, 0.1) is 0 Å². The van der Waals surface area contributed by atoms with Gasteiger partial charge >= 0.3 is 5.97 Å². The van der Waals surface area contributed by atoms with Gasteiger partial charge in [-0.1, -0.05) is 0 Å². The van der Waals surface area contributed by atoms with E-state index in [1.165, 1.54) is 0 Å². The van der Waals surface area contributed by atoms with Crippen molar-refractivity contribution in [3.05, 3.63) is 18.2 Å². The van der Waals surface area contributed by atoms with Crippen LogP contribution in [0.5, 0.6) is 0 Å². The van der Waals surface area contributed by atoms with Crippen molar-refractivity contribution in [2.75, 3.05) is 0 Å². The first-order valence-corrected chi connectivity index (χ1v) is 3.89. The quantitative estimate of drug-likeness (QED) is 0.735. The van der Waals surface area contributed by atoms with Crippen molar-refractivity contribution in [3.63, 3.8) is 0 Å². The van der Waals surface area contributed by atoms with E-state index in [9.17, 15) is 4.79 Å². The molecule has 0 aliphatic heterocycles. The molecule has 0 bridgehead atoms. The smallest absolute Gasteiger partial charge is 0.312 e. The monoisotopic (exact) mass is 168 g/mol. The van der Waals surface area contributed by atoms with E-state index in [4.69, 9.17) is 5.11 Å². The summed E-state index contributed by atoms with van der Waals surface area (Å²) >= 11 is 0. The summed E-state index contributed by atoms with van der Waals surface area (Å²) in [6, 6.07) is 0. The highest BCUT2D eigenvalue weighted by Gasteiger charge is 2.15. The van der Waals surface area contributed by atoms with Crippen LogP contribution in [0.3, 0.4) is 0 Å². The Hall–Kier alpha value is -1.32. The molecule has 1 rings (SSSR count). The summed E-state index contributed by atoms with van der Waals surface area (Å²) in [7, 11) is 0. The summed E-state index contributed by atoms with van der Waals surface area (Å²) in [6.07, 6.45) is 3.41. The molecule has 1 atom stereocenters. The molecule has 0 fully saturated rings. The van der Waals surface area contributed by atoms with E-state index in [1.54, 1.807) is 19.4 Å². The third kappa shape index (κ3) is 1.64. The molecule has 1 heterocycles. The Morgan fingerprint density at radius 2 is 2.50 bits per heavy atom. The first-order chi connectivity index (χ1) is 5.65. The van der Waals surface area contributed by atoms with Crippen LogP contribution in [0.25, 0.3) is 0 Å². The molecule has 12 heavy (non-hydrogen) atoms. The summed E-state index contributed by atoms with van der Waals surface area (Å²) in [4.78, 5) is 14.5. The van der Waals surface area contributed by atoms with Crippen molar-refractivity contribution in [3.8, 4) is 0 Å². The van der Waals surface area contributed by atoms with Gasteiger partial charge in [-0.25, -0.2) is 4.98 Å². The number of hydrogen-bond donors (Lipinski definition) is 1. The number of carbonyl (C=O) groups is 1. The predicted octanol–water partition coefficient (Wildman–Crippen LogP) is 1.09. The zero-order chi connectivity index (χ0) is 9.14. The average molecular weight is 168 g/mol. The Bertz CT molecular complexity index is 280. The number of aryl methyl sites for hydroxylation is 1. The minimum Gasteiger partial charge on any atom is -0.481 e. The highest BCUT2D eigenvalue weighted by Crippen LogP contribution is 2.11. The van der Waals surface area contributed by atoms with Crippen LogP contribution in [0.2, 0.25) is 0 Å². The Morgan fingerprint density at radius 3 is 2.92 bits per heavy atom. The third-order valence-corrected chi connectivity index (χ3v) is 1.83. The van der Waals surface area contributed by atoms with Crippen LogP contribution in [0.4, 0.5) is 0 Å². The van der Waals surface area contributed by atoms with Crippen LogP contribution in [0.1, 0.15) is 25.5 Å². The first-order valence-electron chi connectivity index (χ1n) is 3.89. The van der Waals surface area contributed by atoms with E-state index < -0.39 is 11.9 Å². The molecule has 0 aromatic carbocycles. The van der Waals surface area contributed by atoms with Gasteiger partial charge < -0.3 is 9.67 Å². The minimum atomic E-state index is -0.837. The van der Waals surface area contributed by atoms with Crippen molar-refractivity contribution in [1.29, 1.82) is 0 Å². The second-order valence-electron chi connectivity index (χ2n) is 2.69. The second-order valence-corrected chi connectivity index (χ2v) is 2.69. The van der Waals surface area contributed by atoms with Crippen molar-refractivity contribution in [2.24, 2.45) is 0 Å². The standard InChI is InChI=1S/C8H12N2O2/c1-3-10-4-7(9-5-10)6(2)8(11)12/h4-6H,3H2,1-2H3,(H,11,12). The molecular weight excluding hydrogens is 156 g/mol. The molecule has 1 aromatic rings. The lowest BCUT2D eigenvalue weighted by molar-refractivity contribution is -0.138. The fraction of sp³-hybridized carbons (Fsp3) is 0.500. The van der Waals surface area contributed by atoms with E-state index in [0.29, 0.717) is 5.69 Å². The van der Waals surface area contributed by atoms with Gasteiger partial charge in [0.05, 0.1) is 17.9 Å². The van der Waals surface area contributed by atoms with Crippen LogP contribution in [-0.2, 0) is 11.3 Å². The SMILES string of the molecule is CCn1cnc(C(C)C(=O)O)c1. The van der Waals surface area contributed by atoms with Gasteiger partial charge in [0, 0.05) is 12.7 Å². The molecular formula is C8H12N2O2. The fourth-order valence-corrected chi connectivity index (χ4v) is 0.900. The summed E-state index contributed by atoms with van der Waals surface area (Å²) < 4.78 is 1.86. The molecule has 4 heteroatoms. The summed E-state index contributed by atoms with van der Waals surface area (Å²) in [5.74, 6) is -1.35. The lowest BCUT2D eigenvalue weighted by atomic mass is 10.1. The van der Waals surface area contributed by atoms with E-state index in [-0.39, 0.29) is 0 Å². The van der Waals surface area contributed by atoms with Gasteiger partial charge in [-0.3, -0.25) is 4.79 Å². The van der Waals surface area contributed by atoms with Crippen LogP contribution < -0.4 is 0 Å². The van der Waals surface area contributed by atoms with Gasteiger partial charge in [0.2, 0.25) is 0 Å². The molecule has 1 aromatic heterocycles. The van der Waals surface area contributed by atoms with E-state index in [2.05, 4.69) is 4.98 Å². The zero-order valence-electron chi connectivity index (χ0n) is 7.19. The average Bonchev–Trinajstić information content (AvgIpc) is 2.50. The normalized spacial score (nSPS) is 12.8. The van der Waals surface area contributed by atoms with Gasteiger partial charge in [0.25, 0.3) is 0 Å². The maximum absolute atomic E-state index is 10.5. The summed E-state index contributed by atoms with van der Waals surface area (Å²) in [5.41, 5.74) is 0.615. The zero-order valence-corrected chi connectivity index (χ0v) is 7.19. The minimum absolute atomic E-state index is 0.516. The predicted molar refractivity (Wildman–Crippen MR) is 44.0 cm³/mol. The van der Waals surface area contributed by atoms with Gasteiger partial charge in [-0.05, 0) is 13.8 Å². The summed E-state index contributed by atoms with van der Waals surface area (Å²) in [5, 5.41) is 8.67. The number of carboxylic acids is 1. The van der Waals surface area contributed by atoms with Crippen LogP contribution >= 0.6 is 0 Å². The number of imidazole rings is 1. The lowest BCUT2D eigenvalue weighted by Crippen LogP contribution is -2.07. The molecule has 0 aliphatic rings. The molecule has 0 radical (unpaired) electrons. The van der Waals surface area contributed by atoms with E-state index in [1.807, 2.05) is 11.5 Å². The van der Waals surface area contributed by atoms with Crippen LogP contribution in [-0.4, -0.2) is 20.6 Å². The molecule has 0 amide bonds. The topological polar surface area (TPSA) is 55.1 Å². The number of carboxylic acid groups (broad SMARTS) is 1. The fourth-order valence-electron chi connectivity index (χ4n) is 0.900.